The number of anilines is 2. The van der Waals surface area contributed by atoms with Crippen molar-refractivity contribution in [1.29, 1.82) is 0 Å². The SMILES string of the molecule is C=C(NCCOCCOCC)c1ccc(-c2ccc3c(c2)[C@H](Nc2ccc(Cl)cc2)C[C@H](C)N3C(=C)C)cc1. The van der Waals surface area contributed by atoms with Crippen molar-refractivity contribution in [2.24, 2.45) is 0 Å². The first-order valence-corrected chi connectivity index (χ1v) is 14.0. The third kappa shape index (κ3) is 7.45. The molecule has 1 aliphatic heterocycles. The van der Waals surface area contributed by atoms with Crippen molar-refractivity contribution >= 4 is 28.7 Å². The Labute approximate surface area is 238 Å². The Morgan fingerprint density at radius 2 is 1.64 bits per heavy atom. The number of fused-ring (bicyclic) bond motifs is 1. The first-order chi connectivity index (χ1) is 18.9. The van der Waals surface area contributed by atoms with Crippen LogP contribution in [0.5, 0.6) is 0 Å². The van der Waals surface area contributed by atoms with E-state index >= 15 is 0 Å². The van der Waals surface area contributed by atoms with Gasteiger partial charge < -0.3 is 25.0 Å². The van der Waals surface area contributed by atoms with Gasteiger partial charge in [0.05, 0.1) is 25.9 Å². The second-order valence-corrected chi connectivity index (χ2v) is 10.4. The molecule has 1 aliphatic rings. The molecule has 4 rings (SSSR count). The van der Waals surface area contributed by atoms with Crippen LogP contribution >= 0.6 is 11.6 Å². The van der Waals surface area contributed by atoms with E-state index in [1.165, 1.54) is 22.4 Å². The minimum Gasteiger partial charge on any atom is -0.383 e. The Balaban J connectivity index is 1.49. The third-order valence-corrected chi connectivity index (χ3v) is 7.26. The zero-order chi connectivity index (χ0) is 27.8. The molecule has 0 fully saturated rings. The van der Waals surface area contributed by atoms with Crippen LogP contribution < -0.4 is 15.5 Å². The first-order valence-electron chi connectivity index (χ1n) is 13.7. The number of hydrogen-bond donors (Lipinski definition) is 2. The van der Waals surface area contributed by atoms with Gasteiger partial charge in [-0.1, -0.05) is 55.1 Å². The highest BCUT2D eigenvalue weighted by Gasteiger charge is 2.31. The maximum Gasteiger partial charge on any atom is 0.0701 e. The first kappa shape index (κ1) is 28.8. The average Bonchev–Trinajstić information content (AvgIpc) is 2.93. The highest BCUT2D eigenvalue weighted by molar-refractivity contribution is 6.30. The highest BCUT2D eigenvalue weighted by Crippen LogP contribution is 2.42. The molecule has 0 saturated carbocycles. The second kappa shape index (κ2) is 13.7. The Bertz CT molecular complexity index is 1260. The second-order valence-electron chi connectivity index (χ2n) is 9.96. The third-order valence-electron chi connectivity index (χ3n) is 7.00. The van der Waals surface area contributed by atoms with Gasteiger partial charge in [-0.15, -0.1) is 0 Å². The van der Waals surface area contributed by atoms with Crippen molar-refractivity contribution < 1.29 is 9.47 Å². The van der Waals surface area contributed by atoms with Crippen LogP contribution in [0.1, 0.15) is 44.4 Å². The van der Waals surface area contributed by atoms with Crippen molar-refractivity contribution in [3.63, 3.8) is 0 Å². The number of nitrogens with one attached hydrogen (secondary N) is 2. The van der Waals surface area contributed by atoms with E-state index in [2.05, 4.69) is 85.0 Å². The van der Waals surface area contributed by atoms with Crippen LogP contribution in [-0.2, 0) is 9.47 Å². The van der Waals surface area contributed by atoms with Crippen molar-refractivity contribution in [2.75, 3.05) is 43.2 Å². The molecule has 3 aromatic rings. The van der Waals surface area contributed by atoms with Crippen LogP contribution in [0.15, 0.2) is 85.6 Å². The molecule has 0 saturated heterocycles. The summed E-state index contributed by atoms with van der Waals surface area (Å²) in [4.78, 5) is 2.35. The predicted molar refractivity (Wildman–Crippen MR) is 165 cm³/mol. The summed E-state index contributed by atoms with van der Waals surface area (Å²) in [7, 11) is 0. The van der Waals surface area contributed by atoms with E-state index in [1.54, 1.807) is 0 Å². The summed E-state index contributed by atoms with van der Waals surface area (Å²) in [5, 5.41) is 7.83. The number of nitrogens with zero attached hydrogens (tertiary/aromatic N) is 1. The van der Waals surface area contributed by atoms with Gasteiger partial charge in [0, 0.05) is 47.0 Å². The number of ether oxygens (including phenoxy) is 2. The number of benzene rings is 3. The smallest absolute Gasteiger partial charge is 0.0701 e. The van der Waals surface area contributed by atoms with Gasteiger partial charge in [-0.2, -0.15) is 0 Å². The molecular formula is C33H40ClN3O2. The van der Waals surface area contributed by atoms with Crippen molar-refractivity contribution in [1.82, 2.24) is 5.32 Å². The molecule has 0 aliphatic carbocycles. The van der Waals surface area contributed by atoms with Crippen LogP contribution in [0.25, 0.3) is 16.8 Å². The topological polar surface area (TPSA) is 45.8 Å². The lowest BCUT2D eigenvalue weighted by Gasteiger charge is -2.41. The molecule has 0 radical (unpaired) electrons. The molecule has 0 bridgehead atoms. The number of allylic oxidation sites excluding steroid dienone is 1. The molecule has 0 aromatic heterocycles. The summed E-state index contributed by atoms with van der Waals surface area (Å²) >= 11 is 6.12. The van der Waals surface area contributed by atoms with Gasteiger partial charge in [-0.25, -0.2) is 0 Å². The van der Waals surface area contributed by atoms with Gasteiger partial charge in [0.15, 0.2) is 0 Å². The van der Waals surface area contributed by atoms with E-state index in [-0.39, 0.29) is 6.04 Å². The van der Waals surface area contributed by atoms with E-state index in [0.29, 0.717) is 39.0 Å². The normalized spacial score (nSPS) is 16.5. The molecule has 5 nitrogen and oxygen atoms in total. The van der Waals surface area contributed by atoms with E-state index in [9.17, 15) is 0 Å². The van der Waals surface area contributed by atoms with Crippen LogP contribution in [0, 0.1) is 0 Å². The molecule has 3 aromatic carbocycles. The molecule has 206 valence electrons. The van der Waals surface area contributed by atoms with Crippen LogP contribution in [0.3, 0.4) is 0 Å². The summed E-state index contributed by atoms with van der Waals surface area (Å²) in [5.74, 6) is 0. The quantitative estimate of drug-likeness (QED) is 0.214. The lowest BCUT2D eigenvalue weighted by Crippen LogP contribution is -2.38. The summed E-state index contributed by atoms with van der Waals surface area (Å²) in [6.07, 6.45) is 0.964. The Morgan fingerprint density at radius 3 is 2.33 bits per heavy atom. The van der Waals surface area contributed by atoms with Gasteiger partial charge in [-0.3, -0.25) is 0 Å². The van der Waals surface area contributed by atoms with Gasteiger partial charge in [0.1, 0.15) is 0 Å². The summed E-state index contributed by atoms with van der Waals surface area (Å²) in [5.41, 5.74) is 8.88. The van der Waals surface area contributed by atoms with E-state index < -0.39 is 0 Å². The standard InChI is InChI=1S/C33H40ClN3O2/c1-6-38-19-20-39-18-17-35-25(5)26-7-9-27(10-8-26)28-11-16-33-31(22-28)32(21-24(4)37(33)23(2)3)36-30-14-12-29(34)13-15-30/h7-16,22,24,32,35-36H,2,5-6,17-21H2,1,3-4H3/t24-,32+/m0/s1. The number of halogens is 1. The van der Waals surface area contributed by atoms with E-state index in [0.717, 1.165) is 34.1 Å². The number of rotatable bonds is 13. The molecule has 39 heavy (non-hydrogen) atoms. The fourth-order valence-electron chi connectivity index (χ4n) is 5.11. The molecule has 6 heteroatoms. The Kier molecular flexibility index (Phi) is 10.1. The largest absolute Gasteiger partial charge is 0.383 e. The van der Waals surface area contributed by atoms with Gasteiger partial charge in [0.2, 0.25) is 0 Å². The van der Waals surface area contributed by atoms with Crippen molar-refractivity contribution in [3.05, 3.63) is 102 Å². The highest BCUT2D eigenvalue weighted by atomic mass is 35.5. The summed E-state index contributed by atoms with van der Waals surface area (Å²) in [6.45, 7) is 18.0. The van der Waals surface area contributed by atoms with Crippen molar-refractivity contribution in [2.45, 2.75) is 39.3 Å². The molecule has 2 atom stereocenters. The van der Waals surface area contributed by atoms with Crippen molar-refractivity contribution in [3.8, 4) is 11.1 Å². The molecule has 2 N–H and O–H groups in total. The van der Waals surface area contributed by atoms with Gasteiger partial charge >= 0.3 is 0 Å². The average molecular weight is 546 g/mol. The molecule has 1 heterocycles. The Morgan fingerprint density at radius 1 is 0.949 bits per heavy atom. The summed E-state index contributed by atoms with van der Waals surface area (Å²) < 4.78 is 10.9. The maximum absolute atomic E-state index is 6.12. The monoisotopic (exact) mass is 545 g/mol. The molecule has 0 amide bonds. The molecule has 0 spiro atoms. The van der Waals surface area contributed by atoms with E-state index in [4.69, 9.17) is 21.1 Å². The zero-order valence-corrected chi connectivity index (χ0v) is 24.1. The fraction of sp³-hybridized carbons (Fsp3) is 0.333. The Hall–Kier alpha value is -3.25. The predicted octanol–water partition coefficient (Wildman–Crippen LogP) is 7.91. The summed E-state index contributed by atoms with van der Waals surface area (Å²) in [6, 6.07) is 23.7. The van der Waals surface area contributed by atoms with E-state index in [1.807, 2.05) is 31.2 Å². The molecule has 0 unspecified atom stereocenters. The minimum atomic E-state index is 0.172. The lowest BCUT2D eigenvalue weighted by molar-refractivity contribution is 0.0549. The minimum absolute atomic E-state index is 0.172. The van der Waals surface area contributed by atoms with Gasteiger partial charge in [0.25, 0.3) is 0 Å². The zero-order valence-electron chi connectivity index (χ0n) is 23.3. The van der Waals surface area contributed by atoms with Crippen LogP contribution in [-0.4, -0.2) is 39.0 Å². The molecular weight excluding hydrogens is 506 g/mol. The number of hydrogen-bond acceptors (Lipinski definition) is 5. The van der Waals surface area contributed by atoms with Crippen LogP contribution in [0.4, 0.5) is 11.4 Å². The fourth-order valence-corrected chi connectivity index (χ4v) is 5.24. The lowest BCUT2D eigenvalue weighted by atomic mass is 9.88. The van der Waals surface area contributed by atoms with Gasteiger partial charge in [-0.05, 0) is 85.8 Å². The van der Waals surface area contributed by atoms with Crippen LogP contribution in [0.2, 0.25) is 5.02 Å². The maximum atomic E-state index is 6.12.